The second-order valence-corrected chi connectivity index (χ2v) is 9.89. The van der Waals surface area contributed by atoms with Gasteiger partial charge in [-0.25, -0.2) is 18.2 Å². The Labute approximate surface area is 204 Å². The zero-order chi connectivity index (χ0) is 25.2. The van der Waals surface area contributed by atoms with Crippen molar-refractivity contribution in [2.24, 2.45) is 0 Å². The molecule has 1 aliphatic rings. The van der Waals surface area contributed by atoms with E-state index >= 15 is 0 Å². The number of benzene rings is 2. The van der Waals surface area contributed by atoms with Gasteiger partial charge in [0.1, 0.15) is 0 Å². The van der Waals surface area contributed by atoms with Crippen molar-refractivity contribution in [3.05, 3.63) is 65.7 Å². The Morgan fingerprint density at radius 3 is 2.60 bits per heavy atom. The second kappa shape index (κ2) is 9.54. The number of sulfonamides is 1. The Morgan fingerprint density at radius 2 is 1.94 bits per heavy atom. The van der Waals surface area contributed by atoms with Crippen molar-refractivity contribution >= 4 is 49.9 Å². The molecule has 1 atom stereocenters. The van der Waals surface area contributed by atoms with E-state index in [2.05, 4.69) is 15.0 Å². The van der Waals surface area contributed by atoms with E-state index in [4.69, 9.17) is 4.74 Å². The number of aromatic nitrogens is 1. The number of ether oxygens (including phenoxy) is 1. The molecule has 1 fully saturated rings. The van der Waals surface area contributed by atoms with E-state index in [-0.39, 0.29) is 31.5 Å². The summed E-state index contributed by atoms with van der Waals surface area (Å²) in [7, 11) is -3.86. The summed E-state index contributed by atoms with van der Waals surface area (Å²) in [6, 6.07) is 9.55. The summed E-state index contributed by atoms with van der Waals surface area (Å²) in [4.78, 5) is 30.0. The Morgan fingerprint density at radius 1 is 1.20 bits per heavy atom. The number of hydrogen-bond donors (Lipinski definition) is 2. The van der Waals surface area contributed by atoms with Crippen molar-refractivity contribution in [2.75, 3.05) is 21.5 Å². The van der Waals surface area contributed by atoms with Crippen molar-refractivity contribution in [3.63, 3.8) is 0 Å². The Balaban J connectivity index is 0.00000241. The van der Waals surface area contributed by atoms with Crippen LogP contribution in [0, 0.1) is 0 Å². The fourth-order valence-corrected chi connectivity index (χ4v) is 5.11. The minimum absolute atomic E-state index is 0. The molecular formula is C21H21F3N4O5S2. The van der Waals surface area contributed by atoms with Gasteiger partial charge in [-0.2, -0.15) is 13.2 Å². The van der Waals surface area contributed by atoms with Gasteiger partial charge in [-0.3, -0.25) is 14.8 Å². The van der Waals surface area contributed by atoms with Crippen molar-refractivity contribution in [1.29, 1.82) is 0 Å². The maximum Gasteiger partial charge on any atom is 0.416 e. The SMILES string of the molecule is O=C(Nc1cccc(C(F)(F)F)c1)O[C@H]1CCN(c2ccc(S(=O)(=O)Nc3nccs3)cc2)C1=O.[HH].[HH]. The molecule has 0 aliphatic carbocycles. The van der Waals surface area contributed by atoms with Gasteiger partial charge in [-0.05, 0) is 42.5 Å². The topological polar surface area (TPSA) is 118 Å². The Bertz CT molecular complexity index is 1340. The van der Waals surface area contributed by atoms with Crippen LogP contribution in [0.5, 0.6) is 0 Å². The van der Waals surface area contributed by atoms with E-state index in [1.54, 1.807) is 5.38 Å². The van der Waals surface area contributed by atoms with Crippen LogP contribution in [0.2, 0.25) is 0 Å². The van der Waals surface area contributed by atoms with E-state index in [0.717, 1.165) is 29.5 Å². The van der Waals surface area contributed by atoms with Crippen molar-refractivity contribution < 1.29 is 38.8 Å². The first-order valence-corrected chi connectivity index (χ1v) is 12.4. The molecule has 0 bridgehead atoms. The van der Waals surface area contributed by atoms with Crippen LogP contribution in [0.3, 0.4) is 0 Å². The molecule has 9 nitrogen and oxygen atoms in total. The molecule has 35 heavy (non-hydrogen) atoms. The third-order valence-electron chi connectivity index (χ3n) is 4.95. The first kappa shape index (κ1) is 24.5. The number of nitrogens with one attached hydrogen (secondary N) is 2. The lowest BCUT2D eigenvalue weighted by Crippen LogP contribution is -2.33. The summed E-state index contributed by atoms with van der Waals surface area (Å²) in [5, 5.41) is 4.03. The molecule has 0 saturated carbocycles. The minimum atomic E-state index is -4.57. The highest BCUT2D eigenvalue weighted by molar-refractivity contribution is 7.93. The predicted molar refractivity (Wildman–Crippen MR) is 126 cm³/mol. The summed E-state index contributed by atoms with van der Waals surface area (Å²) in [5.74, 6) is -0.541. The Hall–Kier alpha value is -3.65. The first-order valence-electron chi connectivity index (χ1n) is 10.0. The molecule has 2 heterocycles. The molecule has 14 heteroatoms. The van der Waals surface area contributed by atoms with Crippen LogP contribution in [-0.4, -0.2) is 38.1 Å². The number of hydrogen-bond acceptors (Lipinski definition) is 7. The fourth-order valence-electron chi connectivity index (χ4n) is 3.32. The van der Waals surface area contributed by atoms with Gasteiger partial charge in [0.25, 0.3) is 15.9 Å². The molecule has 188 valence electrons. The third-order valence-corrected chi connectivity index (χ3v) is 7.13. The van der Waals surface area contributed by atoms with Crippen LogP contribution in [0.4, 0.5) is 34.5 Å². The van der Waals surface area contributed by atoms with E-state index in [0.29, 0.717) is 5.69 Å². The quantitative estimate of drug-likeness (QED) is 0.472. The van der Waals surface area contributed by atoms with Gasteiger partial charge in [0, 0.05) is 38.8 Å². The predicted octanol–water partition coefficient (Wildman–Crippen LogP) is 4.81. The highest BCUT2D eigenvalue weighted by atomic mass is 32.2. The van der Waals surface area contributed by atoms with Gasteiger partial charge >= 0.3 is 12.3 Å². The van der Waals surface area contributed by atoms with E-state index in [1.165, 1.54) is 41.4 Å². The molecule has 4 rings (SSSR count). The molecule has 2 amide bonds. The maximum absolute atomic E-state index is 12.8. The molecular weight excluding hydrogens is 509 g/mol. The van der Waals surface area contributed by atoms with Gasteiger partial charge in [-0.1, -0.05) is 6.07 Å². The van der Waals surface area contributed by atoms with Crippen LogP contribution in [0.15, 0.2) is 65.0 Å². The first-order chi connectivity index (χ1) is 16.5. The van der Waals surface area contributed by atoms with E-state index < -0.39 is 39.9 Å². The average Bonchev–Trinajstić information content (AvgIpc) is 3.43. The van der Waals surface area contributed by atoms with Crippen molar-refractivity contribution in [1.82, 2.24) is 4.98 Å². The summed E-state index contributed by atoms with van der Waals surface area (Å²) in [5.41, 5.74) is -0.673. The second-order valence-electron chi connectivity index (χ2n) is 7.31. The lowest BCUT2D eigenvalue weighted by atomic mass is 10.2. The lowest BCUT2D eigenvalue weighted by molar-refractivity contribution is -0.137. The van der Waals surface area contributed by atoms with Gasteiger partial charge in [0.05, 0.1) is 10.5 Å². The monoisotopic (exact) mass is 530 g/mol. The smallest absolute Gasteiger partial charge is 0.416 e. The number of halogens is 3. The molecule has 0 unspecified atom stereocenters. The van der Waals surface area contributed by atoms with Crippen LogP contribution < -0.4 is 14.9 Å². The van der Waals surface area contributed by atoms with Crippen LogP contribution in [0.25, 0.3) is 0 Å². The number of nitrogens with zero attached hydrogens (tertiary/aromatic N) is 2. The summed E-state index contributed by atoms with van der Waals surface area (Å²) in [6.45, 7) is 0.198. The summed E-state index contributed by atoms with van der Waals surface area (Å²) >= 11 is 1.12. The number of alkyl halides is 3. The lowest BCUT2D eigenvalue weighted by Gasteiger charge is -2.17. The molecule has 1 aliphatic heterocycles. The molecule has 1 aromatic heterocycles. The summed E-state index contributed by atoms with van der Waals surface area (Å²) in [6.07, 6.45) is -5.17. The van der Waals surface area contributed by atoms with E-state index in [9.17, 15) is 31.2 Å². The van der Waals surface area contributed by atoms with Crippen LogP contribution in [0.1, 0.15) is 14.8 Å². The number of carbonyl (C=O) groups excluding carboxylic acids is 2. The van der Waals surface area contributed by atoms with Gasteiger partial charge in [0.2, 0.25) is 0 Å². The number of rotatable bonds is 6. The number of amides is 2. The van der Waals surface area contributed by atoms with Crippen molar-refractivity contribution in [3.8, 4) is 0 Å². The fraction of sp³-hybridized carbons (Fsp3) is 0.190. The number of anilines is 3. The zero-order valence-corrected chi connectivity index (χ0v) is 19.3. The standard InChI is InChI=1S/C21H17F3N4O5S2.2H2/c22-21(23,24)13-2-1-3-14(12-13)26-20(30)33-17-8-10-28(18(17)29)15-4-6-16(7-5-15)35(31,32)27-19-25-9-11-34-19;;/h1-7,9,11-12,17H,8,10H2,(H,25,27)(H,26,30);2*1H/t17-;;/m0../s1. The normalized spacial score (nSPS) is 16.3. The van der Waals surface area contributed by atoms with Crippen LogP contribution >= 0.6 is 11.3 Å². The molecule has 1 saturated heterocycles. The number of thiazole rings is 1. The molecule has 0 spiro atoms. The Kier molecular flexibility index (Phi) is 6.67. The van der Waals surface area contributed by atoms with Crippen molar-refractivity contribution in [2.45, 2.75) is 23.6 Å². The highest BCUT2D eigenvalue weighted by Gasteiger charge is 2.36. The third kappa shape index (κ3) is 5.71. The minimum Gasteiger partial charge on any atom is -0.436 e. The molecule has 3 aromatic rings. The zero-order valence-electron chi connectivity index (χ0n) is 17.7. The highest BCUT2D eigenvalue weighted by Crippen LogP contribution is 2.31. The number of carbonyl (C=O) groups is 2. The molecule has 2 aromatic carbocycles. The maximum atomic E-state index is 12.8. The molecule has 2 N–H and O–H groups in total. The largest absolute Gasteiger partial charge is 0.436 e. The van der Waals surface area contributed by atoms with Gasteiger partial charge in [-0.15, -0.1) is 11.3 Å². The van der Waals surface area contributed by atoms with Crippen LogP contribution in [-0.2, 0) is 25.7 Å². The van der Waals surface area contributed by atoms with E-state index in [1.807, 2.05) is 0 Å². The molecule has 0 radical (unpaired) electrons. The average molecular weight is 531 g/mol. The van der Waals surface area contributed by atoms with Gasteiger partial charge < -0.3 is 9.64 Å². The van der Waals surface area contributed by atoms with Gasteiger partial charge in [0.15, 0.2) is 11.2 Å². The summed E-state index contributed by atoms with van der Waals surface area (Å²) < 4.78 is 70.8.